The molecule has 1 aliphatic carbocycles. The van der Waals surface area contributed by atoms with E-state index in [0.29, 0.717) is 11.5 Å². The van der Waals surface area contributed by atoms with Gasteiger partial charge in [-0.05, 0) is 36.5 Å². The Hall–Kier alpha value is -2.62. The summed E-state index contributed by atoms with van der Waals surface area (Å²) >= 11 is 0. The molecule has 0 bridgehead atoms. The Morgan fingerprint density at radius 2 is 1.57 bits per heavy atom. The fourth-order valence-electron chi connectivity index (χ4n) is 2.64. The highest BCUT2D eigenvalue weighted by molar-refractivity contribution is 5.96. The molecular formula is C19H20N2O2. The number of hydrogen-bond donors (Lipinski definition) is 2. The number of rotatable bonds is 6. The Morgan fingerprint density at radius 1 is 0.957 bits per heavy atom. The molecule has 0 radical (unpaired) electrons. The first-order valence-corrected chi connectivity index (χ1v) is 7.91. The Balaban J connectivity index is 1.55. The fraction of sp³-hybridized carbons (Fsp3) is 0.263. The maximum absolute atomic E-state index is 12.2. The van der Waals surface area contributed by atoms with E-state index in [1.54, 1.807) is 24.3 Å². The van der Waals surface area contributed by atoms with Gasteiger partial charge >= 0.3 is 0 Å². The Kier molecular flexibility index (Phi) is 4.71. The van der Waals surface area contributed by atoms with Crippen molar-refractivity contribution in [1.82, 2.24) is 10.6 Å². The third kappa shape index (κ3) is 4.19. The largest absolute Gasteiger partial charge is 0.347 e. The lowest BCUT2D eigenvalue weighted by Gasteiger charge is -2.19. The number of carbonyl (C=O) groups is 2. The minimum absolute atomic E-state index is 0.0101. The molecule has 0 saturated heterocycles. The van der Waals surface area contributed by atoms with Crippen molar-refractivity contribution in [2.45, 2.75) is 18.9 Å². The van der Waals surface area contributed by atoms with Crippen molar-refractivity contribution in [2.24, 2.45) is 5.92 Å². The molecule has 4 nitrogen and oxygen atoms in total. The lowest BCUT2D eigenvalue weighted by Crippen LogP contribution is -2.39. The van der Waals surface area contributed by atoms with E-state index in [-0.39, 0.29) is 24.4 Å². The fourth-order valence-corrected chi connectivity index (χ4v) is 2.64. The maximum Gasteiger partial charge on any atom is 0.251 e. The van der Waals surface area contributed by atoms with Crippen LogP contribution in [-0.4, -0.2) is 18.4 Å². The van der Waals surface area contributed by atoms with Crippen LogP contribution >= 0.6 is 0 Å². The summed E-state index contributed by atoms with van der Waals surface area (Å²) in [6.07, 6.45) is 2.27. The first kappa shape index (κ1) is 15.3. The van der Waals surface area contributed by atoms with Crippen LogP contribution in [0.5, 0.6) is 0 Å². The van der Waals surface area contributed by atoms with Crippen molar-refractivity contribution in [3.63, 3.8) is 0 Å². The highest BCUT2D eigenvalue weighted by Gasteiger charge is 2.33. The number of benzene rings is 2. The van der Waals surface area contributed by atoms with Gasteiger partial charge in [-0.15, -0.1) is 0 Å². The number of hydrogen-bond acceptors (Lipinski definition) is 2. The minimum atomic E-state index is -0.233. The van der Waals surface area contributed by atoms with E-state index in [1.807, 2.05) is 36.4 Å². The Morgan fingerprint density at radius 3 is 2.17 bits per heavy atom. The molecule has 1 aliphatic rings. The molecule has 2 N–H and O–H groups in total. The van der Waals surface area contributed by atoms with Gasteiger partial charge in [0.2, 0.25) is 5.91 Å². The van der Waals surface area contributed by atoms with Gasteiger partial charge in [0.1, 0.15) is 0 Å². The smallest absolute Gasteiger partial charge is 0.251 e. The van der Waals surface area contributed by atoms with Gasteiger partial charge < -0.3 is 10.6 Å². The number of nitrogens with one attached hydrogen (secondary N) is 2. The predicted octanol–water partition coefficient (Wildman–Crippen LogP) is 2.68. The zero-order chi connectivity index (χ0) is 16.1. The molecule has 0 spiro atoms. The van der Waals surface area contributed by atoms with E-state index < -0.39 is 0 Å². The molecule has 2 aromatic carbocycles. The molecule has 0 aromatic heterocycles. The highest BCUT2D eigenvalue weighted by Crippen LogP contribution is 2.40. The molecular weight excluding hydrogens is 288 g/mol. The zero-order valence-electron chi connectivity index (χ0n) is 12.9. The van der Waals surface area contributed by atoms with Crippen molar-refractivity contribution in [3.8, 4) is 0 Å². The van der Waals surface area contributed by atoms with Crippen molar-refractivity contribution in [3.05, 3.63) is 71.8 Å². The van der Waals surface area contributed by atoms with E-state index in [0.717, 1.165) is 18.4 Å². The Labute approximate surface area is 135 Å². The summed E-state index contributed by atoms with van der Waals surface area (Å²) in [5, 5.41) is 5.71. The van der Waals surface area contributed by atoms with Crippen LogP contribution in [0.4, 0.5) is 0 Å². The molecule has 1 atom stereocenters. The first-order chi connectivity index (χ1) is 11.2. The molecule has 2 amide bonds. The SMILES string of the molecule is O=C(CNC(=O)c1ccccc1)N[C@H](c1ccccc1)C1CC1. The molecule has 0 unspecified atom stereocenters. The topological polar surface area (TPSA) is 58.2 Å². The van der Waals surface area contributed by atoms with Gasteiger partial charge in [-0.3, -0.25) is 9.59 Å². The van der Waals surface area contributed by atoms with Crippen LogP contribution < -0.4 is 10.6 Å². The van der Waals surface area contributed by atoms with Crippen molar-refractivity contribution >= 4 is 11.8 Å². The van der Waals surface area contributed by atoms with Gasteiger partial charge in [0, 0.05) is 5.56 Å². The Bertz CT molecular complexity index is 666. The van der Waals surface area contributed by atoms with E-state index >= 15 is 0 Å². The van der Waals surface area contributed by atoms with Crippen LogP contribution in [-0.2, 0) is 4.79 Å². The van der Waals surface area contributed by atoms with Crippen molar-refractivity contribution in [2.75, 3.05) is 6.54 Å². The summed E-state index contributed by atoms with van der Waals surface area (Å²) < 4.78 is 0. The van der Waals surface area contributed by atoms with Gasteiger partial charge in [0.25, 0.3) is 5.91 Å². The van der Waals surface area contributed by atoms with Crippen LogP contribution in [0.15, 0.2) is 60.7 Å². The third-order valence-electron chi connectivity index (χ3n) is 4.01. The van der Waals surface area contributed by atoms with Crippen molar-refractivity contribution in [1.29, 1.82) is 0 Å². The van der Waals surface area contributed by atoms with E-state index in [2.05, 4.69) is 10.6 Å². The van der Waals surface area contributed by atoms with Crippen LogP contribution in [0, 0.1) is 5.92 Å². The van der Waals surface area contributed by atoms with E-state index in [1.165, 1.54) is 0 Å². The average molecular weight is 308 g/mol. The molecule has 3 rings (SSSR count). The second-order valence-electron chi connectivity index (χ2n) is 5.84. The maximum atomic E-state index is 12.2. The van der Waals surface area contributed by atoms with Crippen LogP contribution in [0.1, 0.15) is 34.8 Å². The standard InChI is InChI=1S/C19H20N2O2/c22-17(13-20-19(23)16-9-5-2-6-10-16)21-18(15-11-12-15)14-7-3-1-4-8-14/h1-10,15,18H,11-13H2,(H,20,23)(H,21,22)/t18-/m1/s1. The highest BCUT2D eigenvalue weighted by atomic mass is 16.2. The molecule has 0 aliphatic heterocycles. The normalized spacial score (nSPS) is 14.8. The quantitative estimate of drug-likeness (QED) is 0.862. The van der Waals surface area contributed by atoms with Crippen LogP contribution in [0.2, 0.25) is 0 Å². The summed E-state index contributed by atoms with van der Waals surface area (Å²) in [7, 11) is 0. The van der Waals surface area contributed by atoms with Gasteiger partial charge in [-0.2, -0.15) is 0 Å². The van der Waals surface area contributed by atoms with Gasteiger partial charge in [-0.1, -0.05) is 48.5 Å². The minimum Gasteiger partial charge on any atom is -0.347 e. The summed E-state index contributed by atoms with van der Waals surface area (Å²) in [5.41, 5.74) is 1.68. The first-order valence-electron chi connectivity index (χ1n) is 7.91. The number of carbonyl (C=O) groups excluding carboxylic acids is 2. The van der Waals surface area contributed by atoms with E-state index in [9.17, 15) is 9.59 Å². The molecule has 118 valence electrons. The molecule has 23 heavy (non-hydrogen) atoms. The molecule has 0 heterocycles. The summed E-state index contributed by atoms with van der Waals surface area (Å²) in [4.78, 5) is 24.1. The molecule has 1 saturated carbocycles. The average Bonchev–Trinajstić information content (AvgIpc) is 3.44. The zero-order valence-corrected chi connectivity index (χ0v) is 12.9. The van der Waals surface area contributed by atoms with Crippen molar-refractivity contribution < 1.29 is 9.59 Å². The second-order valence-corrected chi connectivity index (χ2v) is 5.84. The second kappa shape index (κ2) is 7.09. The molecule has 2 aromatic rings. The van der Waals surface area contributed by atoms with Crippen LogP contribution in [0.3, 0.4) is 0 Å². The van der Waals surface area contributed by atoms with E-state index in [4.69, 9.17) is 0 Å². The summed E-state index contributed by atoms with van der Waals surface area (Å²) in [5.74, 6) is 0.115. The molecule has 4 heteroatoms. The predicted molar refractivity (Wildman–Crippen MR) is 88.8 cm³/mol. The van der Waals surface area contributed by atoms with Gasteiger partial charge in [0.05, 0.1) is 12.6 Å². The molecule has 1 fully saturated rings. The lowest BCUT2D eigenvalue weighted by atomic mass is 10.0. The summed E-state index contributed by atoms with van der Waals surface area (Å²) in [6, 6.07) is 18.9. The summed E-state index contributed by atoms with van der Waals surface area (Å²) in [6.45, 7) is -0.0101. The van der Waals surface area contributed by atoms with Gasteiger partial charge in [0.15, 0.2) is 0 Å². The van der Waals surface area contributed by atoms with Crippen LogP contribution in [0.25, 0.3) is 0 Å². The monoisotopic (exact) mass is 308 g/mol. The third-order valence-corrected chi connectivity index (χ3v) is 4.01. The lowest BCUT2D eigenvalue weighted by molar-refractivity contribution is -0.121. The van der Waals surface area contributed by atoms with Gasteiger partial charge in [-0.25, -0.2) is 0 Å². The number of amides is 2.